The lowest BCUT2D eigenvalue weighted by atomic mass is 9.87. The average molecular weight is 269 g/mol. The molecule has 0 fully saturated rings. The zero-order valence-corrected chi connectivity index (χ0v) is 12.1. The zero-order chi connectivity index (χ0) is 13.9. The van der Waals surface area contributed by atoms with Crippen LogP contribution in [0.1, 0.15) is 42.5 Å². The first-order valence-electron chi connectivity index (χ1n) is 7.62. The highest BCUT2D eigenvalue weighted by molar-refractivity contribution is 5.31. The second-order valence-electron chi connectivity index (χ2n) is 5.79. The van der Waals surface area contributed by atoms with Crippen molar-refractivity contribution in [3.63, 3.8) is 0 Å². The van der Waals surface area contributed by atoms with Gasteiger partial charge in [-0.2, -0.15) is 5.10 Å². The molecule has 0 spiro atoms. The lowest BCUT2D eigenvalue weighted by molar-refractivity contribution is 0.402. The van der Waals surface area contributed by atoms with Gasteiger partial charge in [-0.05, 0) is 55.2 Å². The van der Waals surface area contributed by atoms with Crippen LogP contribution in [-0.4, -0.2) is 9.78 Å². The van der Waals surface area contributed by atoms with Gasteiger partial charge in [0.25, 0.3) is 0 Å². The fraction of sp³-hybridized carbons (Fsp3) is 0.471. The molecule has 1 aliphatic carbocycles. The van der Waals surface area contributed by atoms with E-state index in [-0.39, 0.29) is 6.04 Å². The van der Waals surface area contributed by atoms with E-state index in [4.69, 9.17) is 5.73 Å². The Morgan fingerprint density at radius 2 is 2.20 bits per heavy atom. The van der Waals surface area contributed by atoms with Gasteiger partial charge in [0.1, 0.15) is 0 Å². The molecule has 2 unspecified atom stereocenters. The van der Waals surface area contributed by atoms with Gasteiger partial charge in [0, 0.05) is 18.8 Å². The van der Waals surface area contributed by atoms with Crippen LogP contribution in [0.4, 0.5) is 0 Å². The fourth-order valence-corrected chi connectivity index (χ4v) is 3.29. The van der Waals surface area contributed by atoms with Crippen molar-refractivity contribution in [3.05, 3.63) is 53.3 Å². The molecule has 1 aromatic carbocycles. The summed E-state index contributed by atoms with van der Waals surface area (Å²) in [4.78, 5) is 0. The summed E-state index contributed by atoms with van der Waals surface area (Å²) in [6.07, 6.45) is 8.78. The molecule has 1 aromatic heterocycles. The van der Waals surface area contributed by atoms with Crippen LogP contribution < -0.4 is 5.73 Å². The van der Waals surface area contributed by atoms with Crippen LogP contribution >= 0.6 is 0 Å². The molecule has 0 bridgehead atoms. The normalized spacial score (nSPS) is 22.3. The van der Waals surface area contributed by atoms with Crippen LogP contribution in [-0.2, 0) is 19.4 Å². The second-order valence-corrected chi connectivity index (χ2v) is 5.79. The van der Waals surface area contributed by atoms with Crippen molar-refractivity contribution < 1.29 is 0 Å². The number of nitrogens with zero attached hydrogens (tertiary/aromatic N) is 2. The van der Waals surface area contributed by atoms with E-state index >= 15 is 0 Å². The number of aromatic nitrogens is 2. The standard InChI is InChI=1S/C17H23N3/c1-2-20-12-13(11-19-20)10-15-8-5-7-14-6-3-4-9-16(14)17(15)18/h3-4,6,9,11-12,15,17H,2,5,7-8,10,18H2,1H3. The third-order valence-corrected chi connectivity index (χ3v) is 4.45. The van der Waals surface area contributed by atoms with Crippen molar-refractivity contribution in [2.75, 3.05) is 0 Å². The monoisotopic (exact) mass is 269 g/mol. The van der Waals surface area contributed by atoms with Crippen LogP contribution in [0.25, 0.3) is 0 Å². The number of aryl methyl sites for hydroxylation is 2. The second kappa shape index (κ2) is 5.80. The zero-order valence-electron chi connectivity index (χ0n) is 12.1. The Balaban J connectivity index is 1.80. The van der Waals surface area contributed by atoms with Gasteiger partial charge in [-0.15, -0.1) is 0 Å². The van der Waals surface area contributed by atoms with Crippen LogP contribution in [0, 0.1) is 5.92 Å². The van der Waals surface area contributed by atoms with Crippen molar-refractivity contribution in [3.8, 4) is 0 Å². The van der Waals surface area contributed by atoms with Crippen LogP contribution in [0.15, 0.2) is 36.7 Å². The number of hydrogen-bond donors (Lipinski definition) is 1. The van der Waals surface area contributed by atoms with Gasteiger partial charge < -0.3 is 5.73 Å². The van der Waals surface area contributed by atoms with Gasteiger partial charge in [0.05, 0.1) is 6.20 Å². The van der Waals surface area contributed by atoms with E-state index in [2.05, 4.69) is 42.5 Å². The van der Waals surface area contributed by atoms with E-state index < -0.39 is 0 Å². The predicted molar refractivity (Wildman–Crippen MR) is 81.4 cm³/mol. The molecule has 2 atom stereocenters. The SMILES string of the molecule is CCn1cc(CC2CCCc3ccccc3C2N)cn1. The molecule has 20 heavy (non-hydrogen) atoms. The molecule has 0 radical (unpaired) electrons. The first-order chi connectivity index (χ1) is 9.78. The summed E-state index contributed by atoms with van der Waals surface area (Å²) in [5.74, 6) is 0.521. The lowest BCUT2D eigenvalue weighted by Crippen LogP contribution is -2.22. The quantitative estimate of drug-likeness (QED) is 0.870. The molecule has 2 aromatic rings. The van der Waals surface area contributed by atoms with Gasteiger partial charge in [-0.1, -0.05) is 24.3 Å². The van der Waals surface area contributed by atoms with Gasteiger partial charge in [-0.3, -0.25) is 4.68 Å². The molecule has 0 saturated heterocycles. The Labute approximate surface area is 120 Å². The van der Waals surface area contributed by atoms with Crippen molar-refractivity contribution in [2.24, 2.45) is 11.7 Å². The molecule has 3 heteroatoms. The molecule has 106 valence electrons. The summed E-state index contributed by atoms with van der Waals surface area (Å²) in [5, 5.41) is 4.37. The third kappa shape index (κ3) is 2.63. The minimum atomic E-state index is 0.152. The van der Waals surface area contributed by atoms with Crippen LogP contribution in [0.3, 0.4) is 0 Å². The number of fused-ring (bicyclic) bond motifs is 1. The van der Waals surface area contributed by atoms with Gasteiger partial charge in [0.15, 0.2) is 0 Å². The number of benzene rings is 1. The van der Waals surface area contributed by atoms with Gasteiger partial charge in [0.2, 0.25) is 0 Å². The maximum Gasteiger partial charge on any atom is 0.0521 e. The van der Waals surface area contributed by atoms with Crippen molar-refractivity contribution in [1.29, 1.82) is 0 Å². The van der Waals surface area contributed by atoms with Crippen LogP contribution in [0.2, 0.25) is 0 Å². The lowest BCUT2D eigenvalue weighted by Gasteiger charge is -2.22. The molecule has 0 aliphatic heterocycles. The highest BCUT2D eigenvalue weighted by Gasteiger charge is 2.25. The Bertz CT molecular complexity index is 573. The van der Waals surface area contributed by atoms with Gasteiger partial charge in [-0.25, -0.2) is 0 Å². The average Bonchev–Trinajstić information content (AvgIpc) is 2.87. The Morgan fingerprint density at radius 3 is 3.00 bits per heavy atom. The Kier molecular flexibility index (Phi) is 3.88. The number of hydrogen-bond acceptors (Lipinski definition) is 2. The minimum absolute atomic E-state index is 0.152. The summed E-state index contributed by atoms with van der Waals surface area (Å²) in [6.45, 7) is 3.05. The Hall–Kier alpha value is -1.61. The largest absolute Gasteiger partial charge is 0.324 e. The maximum atomic E-state index is 6.55. The number of nitrogens with two attached hydrogens (primary N) is 1. The van der Waals surface area contributed by atoms with E-state index in [1.165, 1.54) is 29.5 Å². The third-order valence-electron chi connectivity index (χ3n) is 4.45. The van der Waals surface area contributed by atoms with E-state index in [1.807, 2.05) is 10.9 Å². The molecule has 3 rings (SSSR count). The summed E-state index contributed by atoms with van der Waals surface area (Å²) < 4.78 is 1.99. The van der Waals surface area contributed by atoms with E-state index in [0.717, 1.165) is 19.4 Å². The molecule has 1 heterocycles. The highest BCUT2D eigenvalue weighted by atomic mass is 15.3. The predicted octanol–water partition coefficient (Wildman–Crippen LogP) is 3.10. The summed E-state index contributed by atoms with van der Waals surface area (Å²) in [7, 11) is 0. The first kappa shape index (κ1) is 13.4. The number of rotatable bonds is 3. The molecule has 1 aliphatic rings. The topological polar surface area (TPSA) is 43.8 Å². The van der Waals surface area contributed by atoms with Gasteiger partial charge >= 0.3 is 0 Å². The van der Waals surface area contributed by atoms with Crippen LogP contribution in [0.5, 0.6) is 0 Å². The highest BCUT2D eigenvalue weighted by Crippen LogP contribution is 2.33. The van der Waals surface area contributed by atoms with Crippen molar-refractivity contribution in [2.45, 2.75) is 45.2 Å². The minimum Gasteiger partial charge on any atom is -0.324 e. The molecule has 0 amide bonds. The fourth-order valence-electron chi connectivity index (χ4n) is 3.29. The smallest absolute Gasteiger partial charge is 0.0521 e. The van der Waals surface area contributed by atoms with E-state index in [0.29, 0.717) is 5.92 Å². The summed E-state index contributed by atoms with van der Waals surface area (Å²) in [6, 6.07) is 8.81. The summed E-state index contributed by atoms with van der Waals surface area (Å²) >= 11 is 0. The molecular weight excluding hydrogens is 246 g/mol. The molecule has 2 N–H and O–H groups in total. The summed E-state index contributed by atoms with van der Waals surface area (Å²) in [5.41, 5.74) is 10.6. The first-order valence-corrected chi connectivity index (χ1v) is 7.62. The molecular formula is C17H23N3. The van der Waals surface area contributed by atoms with Crippen molar-refractivity contribution in [1.82, 2.24) is 9.78 Å². The van der Waals surface area contributed by atoms with Crippen molar-refractivity contribution >= 4 is 0 Å². The maximum absolute atomic E-state index is 6.55. The molecule has 3 nitrogen and oxygen atoms in total. The van der Waals surface area contributed by atoms with E-state index in [9.17, 15) is 0 Å². The Morgan fingerprint density at radius 1 is 1.35 bits per heavy atom. The molecule has 0 saturated carbocycles. The van der Waals surface area contributed by atoms with E-state index in [1.54, 1.807) is 0 Å².